The van der Waals surface area contributed by atoms with Gasteiger partial charge in [0.15, 0.2) is 0 Å². The van der Waals surface area contributed by atoms with E-state index >= 15 is 0 Å². The third kappa shape index (κ3) is 3.05. The number of carbonyl (C=O) groups is 1. The highest BCUT2D eigenvalue weighted by atomic mass is 16.1. The molecule has 0 saturated heterocycles. The second-order valence-corrected chi connectivity index (χ2v) is 3.75. The maximum Gasteiger partial charge on any atom is 0.139 e. The van der Waals surface area contributed by atoms with Crippen LogP contribution in [0.15, 0.2) is 49.1 Å². The molecule has 0 aliphatic rings. The molecule has 2 rings (SSSR count). The van der Waals surface area contributed by atoms with Crippen LogP contribution in [0.3, 0.4) is 0 Å². The Balaban J connectivity index is 1.81. The zero-order valence-corrected chi connectivity index (χ0v) is 9.04. The predicted molar refractivity (Wildman–Crippen MR) is 62.0 cm³/mol. The molecular weight excluding hydrogens is 200 g/mol. The highest BCUT2D eigenvalue weighted by molar-refractivity contribution is 5.80. The van der Waals surface area contributed by atoms with E-state index in [1.165, 1.54) is 0 Å². The van der Waals surface area contributed by atoms with E-state index in [1.54, 1.807) is 12.5 Å². The third-order valence-electron chi connectivity index (χ3n) is 2.45. The van der Waals surface area contributed by atoms with Crippen molar-refractivity contribution in [3.63, 3.8) is 0 Å². The summed E-state index contributed by atoms with van der Waals surface area (Å²) in [6.07, 6.45) is 6.41. The van der Waals surface area contributed by atoms with Gasteiger partial charge in [-0.25, -0.2) is 4.98 Å². The number of hydrogen-bond acceptors (Lipinski definition) is 2. The fraction of sp³-hybridized carbons (Fsp3) is 0.231. The number of carbonyl (C=O) groups excluding carboxylic acids is 1. The van der Waals surface area contributed by atoms with Crippen LogP contribution in [0, 0.1) is 0 Å². The first-order valence-corrected chi connectivity index (χ1v) is 5.36. The molecule has 0 fully saturated rings. The Hall–Kier alpha value is -1.90. The number of benzene rings is 1. The van der Waals surface area contributed by atoms with Crippen molar-refractivity contribution in [2.45, 2.75) is 19.4 Å². The molecule has 0 atom stereocenters. The van der Waals surface area contributed by atoms with Gasteiger partial charge in [0.25, 0.3) is 0 Å². The molecule has 3 nitrogen and oxygen atoms in total. The van der Waals surface area contributed by atoms with E-state index in [9.17, 15) is 4.79 Å². The van der Waals surface area contributed by atoms with Crippen molar-refractivity contribution in [1.82, 2.24) is 9.55 Å². The number of aromatic nitrogens is 2. The minimum atomic E-state index is 0.264. The van der Waals surface area contributed by atoms with E-state index in [0.29, 0.717) is 19.4 Å². The summed E-state index contributed by atoms with van der Waals surface area (Å²) in [6, 6.07) is 9.83. The van der Waals surface area contributed by atoms with Crippen LogP contribution in [0.25, 0.3) is 0 Å². The van der Waals surface area contributed by atoms with Crippen LogP contribution in [0.4, 0.5) is 0 Å². The Morgan fingerprint density at radius 3 is 2.75 bits per heavy atom. The van der Waals surface area contributed by atoms with E-state index in [4.69, 9.17) is 0 Å². The number of ketones is 1. The first-order valence-electron chi connectivity index (χ1n) is 5.36. The van der Waals surface area contributed by atoms with Gasteiger partial charge >= 0.3 is 0 Å². The summed E-state index contributed by atoms with van der Waals surface area (Å²) in [4.78, 5) is 15.6. The number of hydrogen-bond donors (Lipinski definition) is 0. The first-order chi connectivity index (χ1) is 7.84. The zero-order chi connectivity index (χ0) is 11.2. The highest BCUT2D eigenvalue weighted by Crippen LogP contribution is 2.02. The normalized spacial score (nSPS) is 10.2. The molecule has 0 unspecified atom stereocenters. The summed E-state index contributed by atoms with van der Waals surface area (Å²) in [7, 11) is 0. The van der Waals surface area contributed by atoms with Gasteiger partial charge in [0.05, 0.1) is 6.33 Å². The summed E-state index contributed by atoms with van der Waals surface area (Å²) in [5, 5.41) is 0. The second-order valence-electron chi connectivity index (χ2n) is 3.75. The van der Waals surface area contributed by atoms with Crippen molar-refractivity contribution in [2.75, 3.05) is 0 Å². The van der Waals surface area contributed by atoms with E-state index in [2.05, 4.69) is 4.98 Å². The Kier molecular flexibility index (Phi) is 3.49. The molecule has 1 aromatic carbocycles. The van der Waals surface area contributed by atoms with Crippen LogP contribution < -0.4 is 0 Å². The summed E-state index contributed by atoms with van der Waals surface area (Å²) in [5.74, 6) is 0.264. The van der Waals surface area contributed by atoms with Crippen LogP contribution in [0.1, 0.15) is 12.0 Å². The summed E-state index contributed by atoms with van der Waals surface area (Å²) >= 11 is 0. The lowest BCUT2D eigenvalue weighted by atomic mass is 10.1. The van der Waals surface area contributed by atoms with Gasteiger partial charge in [-0.3, -0.25) is 4.79 Å². The minimum Gasteiger partial charge on any atom is -0.337 e. The van der Waals surface area contributed by atoms with Gasteiger partial charge in [0.2, 0.25) is 0 Å². The van der Waals surface area contributed by atoms with Crippen molar-refractivity contribution in [3.8, 4) is 0 Å². The van der Waals surface area contributed by atoms with Crippen LogP contribution in [-0.2, 0) is 17.8 Å². The molecule has 16 heavy (non-hydrogen) atoms. The summed E-state index contributed by atoms with van der Waals surface area (Å²) in [5.41, 5.74) is 1.08. The quantitative estimate of drug-likeness (QED) is 0.763. The first kappa shape index (κ1) is 10.6. The zero-order valence-electron chi connectivity index (χ0n) is 9.04. The molecule has 0 aliphatic carbocycles. The topological polar surface area (TPSA) is 34.9 Å². The number of rotatable bonds is 5. The third-order valence-corrected chi connectivity index (χ3v) is 2.45. The van der Waals surface area contributed by atoms with Crippen molar-refractivity contribution in [2.24, 2.45) is 0 Å². The molecule has 3 heteroatoms. The smallest absolute Gasteiger partial charge is 0.139 e. The second kappa shape index (κ2) is 5.26. The fourth-order valence-electron chi connectivity index (χ4n) is 1.58. The predicted octanol–water partition coefficient (Wildman–Crippen LogP) is 2.08. The standard InChI is InChI=1S/C13H14N2O/c16-13(6-8-15-9-7-14-11-15)10-12-4-2-1-3-5-12/h1-5,7,9,11H,6,8,10H2. The average molecular weight is 214 g/mol. The van der Waals surface area contributed by atoms with Gasteiger partial charge in [-0.05, 0) is 5.56 Å². The molecule has 0 saturated carbocycles. The van der Waals surface area contributed by atoms with Crippen LogP contribution >= 0.6 is 0 Å². The molecular formula is C13H14N2O. The van der Waals surface area contributed by atoms with Crippen LogP contribution in [0.2, 0.25) is 0 Å². The average Bonchev–Trinajstić information content (AvgIpc) is 2.81. The van der Waals surface area contributed by atoms with Crippen molar-refractivity contribution in [3.05, 3.63) is 54.6 Å². The molecule has 2 aromatic rings. The Morgan fingerprint density at radius 2 is 2.06 bits per heavy atom. The van der Waals surface area contributed by atoms with Gasteiger partial charge in [-0.2, -0.15) is 0 Å². The molecule has 0 N–H and O–H groups in total. The number of nitrogens with zero attached hydrogens (tertiary/aromatic N) is 2. The van der Waals surface area contributed by atoms with Gasteiger partial charge in [0, 0.05) is 31.8 Å². The lowest BCUT2D eigenvalue weighted by molar-refractivity contribution is -0.118. The molecule has 82 valence electrons. The summed E-state index contributed by atoms with van der Waals surface area (Å²) < 4.78 is 1.92. The largest absolute Gasteiger partial charge is 0.337 e. The number of Topliss-reactive ketones (excluding diaryl/α,β-unsaturated/α-hetero) is 1. The van der Waals surface area contributed by atoms with Crippen LogP contribution in [0.5, 0.6) is 0 Å². The lowest BCUT2D eigenvalue weighted by Crippen LogP contribution is -2.07. The van der Waals surface area contributed by atoms with Crippen LogP contribution in [-0.4, -0.2) is 15.3 Å². The maximum absolute atomic E-state index is 11.7. The molecule has 0 amide bonds. The summed E-state index contributed by atoms with van der Waals surface area (Å²) in [6.45, 7) is 0.714. The Labute approximate surface area is 94.7 Å². The molecule has 0 aliphatic heterocycles. The molecule has 0 spiro atoms. The van der Waals surface area contributed by atoms with Crippen molar-refractivity contribution in [1.29, 1.82) is 0 Å². The fourth-order valence-corrected chi connectivity index (χ4v) is 1.58. The van der Waals surface area contributed by atoms with E-state index in [-0.39, 0.29) is 5.78 Å². The number of imidazole rings is 1. The van der Waals surface area contributed by atoms with Gasteiger partial charge < -0.3 is 4.57 Å². The van der Waals surface area contributed by atoms with Gasteiger partial charge in [-0.1, -0.05) is 30.3 Å². The highest BCUT2D eigenvalue weighted by Gasteiger charge is 2.03. The maximum atomic E-state index is 11.7. The van der Waals surface area contributed by atoms with Crippen molar-refractivity contribution < 1.29 is 4.79 Å². The Morgan fingerprint density at radius 1 is 1.25 bits per heavy atom. The molecule has 0 radical (unpaired) electrons. The van der Waals surface area contributed by atoms with Gasteiger partial charge in [0.1, 0.15) is 5.78 Å². The van der Waals surface area contributed by atoms with E-state index < -0.39 is 0 Å². The minimum absolute atomic E-state index is 0.264. The van der Waals surface area contributed by atoms with Crippen molar-refractivity contribution >= 4 is 5.78 Å². The lowest BCUT2D eigenvalue weighted by Gasteiger charge is -2.02. The Bertz CT molecular complexity index is 434. The molecule has 1 aromatic heterocycles. The van der Waals surface area contributed by atoms with E-state index in [1.807, 2.05) is 41.1 Å². The monoisotopic (exact) mass is 214 g/mol. The SMILES string of the molecule is O=C(CCn1ccnc1)Cc1ccccc1. The number of aryl methyl sites for hydroxylation is 1. The molecule has 1 heterocycles. The van der Waals surface area contributed by atoms with Gasteiger partial charge in [-0.15, -0.1) is 0 Å². The molecule has 0 bridgehead atoms. The van der Waals surface area contributed by atoms with E-state index in [0.717, 1.165) is 5.56 Å².